The summed E-state index contributed by atoms with van der Waals surface area (Å²) in [6.45, 7) is 2.20. The van der Waals surface area contributed by atoms with Crippen LogP contribution in [0.25, 0.3) is 0 Å². The van der Waals surface area contributed by atoms with Gasteiger partial charge in [-0.15, -0.1) is 0 Å². The number of anilines is 1. The molecule has 1 heterocycles. The lowest BCUT2D eigenvalue weighted by atomic mass is 9.98. The van der Waals surface area contributed by atoms with Crippen molar-refractivity contribution in [2.24, 2.45) is 11.8 Å². The summed E-state index contributed by atoms with van der Waals surface area (Å²) in [6.07, 6.45) is 0.438. The van der Waals surface area contributed by atoms with Crippen molar-refractivity contribution in [1.82, 2.24) is 5.32 Å². The number of ether oxygens (including phenoxy) is 1. The molecule has 2 unspecified atom stereocenters. The van der Waals surface area contributed by atoms with Crippen LogP contribution in [0, 0.1) is 17.7 Å². The fourth-order valence-electron chi connectivity index (χ4n) is 3.55. The number of para-hydroxylation sites is 1. The molecule has 3 rings (SSSR count). The van der Waals surface area contributed by atoms with E-state index in [1.165, 1.54) is 17.0 Å². The number of halogens is 1. The van der Waals surface area contributed by atoms with Crippen LogP contribution in [0.5, 0.6) is 0 Å². The molecule has 0 radical (unpaired) electrons. The van der Waals surface area contributed by atoms with Gasteiger partial charge in [0.05, 0.1) is 24.1 Å². The fourth-order valence-corrected chi connectivity index (χ4v) is 3.55. The number of benzene rings is 2. The Hall–Kier alpha value is -3.22. The van der Waals surface area contributed by atoms with Gasteiger partial charge in [0.15, 0.2) is 0 Å². The molecule has 2 aromatic rings. The predicted octanol–water partition coefficient (Wildman–Crippen LogP) is 2.72. The van der Waals surface area contributed by atoms with Gasteiger partial charge in [-0.3, -0.25) is 14.4 Å². The van der Waals surface area contributed by atoms with Crippen molar-refractivity contribution >= 4 is 23.5 Å². The largest absolute Gasteiger partial charge is 0.466 e. The van der Waals surface area contributed by atoms with Gasteiger partial charge >= 0.3 is 5.97 Å². The highest BCUT2D eigenvalue weighted by Crippen LogP contribution is 2.27. The van der Waals surface area contributed by atoms with E-state index in [-0.39, 0.29) is 49.6 Å². The molecule has 0 saturated carbocycles. The highest BCUT2D eigenvalue weighted by atomic mass is 19.1. The fraction of sp³-hybridized carbons (Fsp3) is 0.348. The molecule has 2 aromatic carbocycles. The number of nitrogens with one attached hydrogen (secondary N) is 1. The second-order valence-corrected chi connectivity index (χ2v) is 7.24. The van der Waals surface area contributed by atoms with Gasteiger partial charge in [-0.2, -0.15) is 0 Å². The molecular weight excluding hydrogens is 387 g/mol. The molecule has 2 atom stereocenters. The van der Waals surface area contributed by atoms with E-state index in [1.807, 2.05) is 30.3 Å². The van der Waals surface area contributed by atoms with E-state index < -0.39 is 17.7 Å². The molecule has 0 bridgehead atoms. The third-order valence-corrected chi connectivity index (χ3v) is 5.11. The van der Waals surface area contributed by atoms with Gasteiger partial charge in [0.25, 0.3) is 0 Å². The number of hydrogen-bond donors (Lipinski definition) is 1. The molecule has 0 aromatic heterocycles. The molecular formula is C23H25FN2O4. The Balaban J connectivity index is 1.61. The van der Waals surface area contributed by atoms with E-state index in [0.717, 1.165) is 5.56 Å². The van der Waals surface area contributed by atoms with Crippen LogP contribution < -0.4 is 10.2 Å². The summed E-state index contributed by atoms with van der Waals surface area (Å²) >= 11 is 0. The topological polar surface area (TPSA) is 75.7 Å². The van der Waals surface area contributed by atoms with E-state index in [2.05, 4.69) is 5.32 Å². The number of hydrogen-bond acceptors (Lipinski definition) is 4. The Labute approximate surface area is 175 Å². The van der Waals surface area contributed by atoms with Gasteiger partial charge in [0, 0.05) is 19.5 Å². The lowest BCUT2D eigenvalue weighted by molar-refractivity contribution is -0.148. The first-order valence-corrected chi connectivity index (χ1v) is 10.0. The summed E-state index contributed by atoms with van der Waals surface area (Å²) in [4.78, 5) is 38.6. The van der Waals surface area contributed by atoms with Crippen molar-refractivity contribution in [3.63, 3.8) is 0 Å². The van der Waals surface area contributed by atoms with Crippen LogP contribution in [0.3, 0.4) is 0 Å². The number of esters is 1. The molecule has 30 heavy (non-hydrogen) atoms. The smallest absolute Gasteiger partial charge is 0.311 e. The number of carbonyl (C=O) groups is 3. The summed E-state index contributed by atoms with van der Waals surface area (Å²) < 4.78 is 19.2. The number of amides is 2. The third-order valence-electron chi connectivity index (χ3n) is 5.11. The average Bonchev–Trinajstić information content (AvgIpc) is 3.13. The standard InChI is InChI=1S/C23H25FN2O4/c1-2-30-23(29)17(12-16-8-4-3-5-9-16)14-25-22(28)18-13-21(27)26(15-18)20-11-7-6-10-19(20)24/h3-11,17-18H,2,12-15H2,1H3,(H,25,28). The van der Waals surface area contributed by atoms with E-state index >= 15 is 0 Å². The Morgan fingerprint density at radius 2 is 1.87 bits per heavy atom. The molecule has 1 fully saturated rings. The van der Waals surface area contributed by atoms with Crippen LogP contribution in [-0.4, -0.2) is 37.5 Å². The Bertz CT molecular complexity index is 903. The molecule has 158 valence electrons. The van der Waals surface area contributed by atoms with Crippen molar-refractivity contribution in [3.05, 3.63) is 66.0 Å². The maximum absolute atomic E-state index is 14.0. The zero-order valence-electron chi connectivity index (χ0n) is 16.8. The molecule has 2 amide bonds. The van der Waals surface area contributed by atoms with Crippen LogP contribution in [-0.2, 0) is 25.5 Å². The maximum Gasteiger partial charge on any atom is 0.311 e. The third kappa shape index (κ3) is 5.23. The molecule has 1 N–H and O–H groups in total. The monoisotopic (exact) mass is 412 g/mol. The SMILES string of the molecule is CCOC(=O)C(CNC(=O)C1CC(=O)N(c2ccccc2F)C1)Cc1ccccc1. The second kappa shape index (κ2) is 10.0. The van der Waals surface area contributed by atoms with Gasteiger partial charge in [-0.25, -0.2) is 4.39 Å². The van der Waals surface area contributed by atoms with Crippen molar-refractivity contribution in [2.75, 3.05) is 24.6 Å². The van der Waals surface area contributed by atoms with Gasteiger partial charge in [0.2, 0.25) is 11.8 Å². The van der Waals surface area contributed by atoms with Crippen molar-refractivity contribution in [3.8, 4) is 0 Å². The van der Waals surface area contributed by atoms with Crippen LogP contribution in [0.4, 0.5) is 10.1 Å². The summed E-state index contributed by atoms with van der Waals surface area (Å²) in [7, 11) is 0. The summed E-state index contributed by atoms with van der Waals surface area (Å²) in [5.74, 6) is -2.64. The van der Waals surface area contributed by atoms with Crippen molar-refractivity contribution in [1.29, 1.82) is 0 Å². The summed E-state index contributed by atoms with van der Waals surface area (Å²) in [6, 6.07) is 15.5. The minimum atomic E-state index is -0.600. The first-order chi connectivity index (χ1) is 14.5. The van der Waals surface area contributed by atoms with E-state index in [9.17, 15) is 18.8 Å². The zero-order chi connectivity index (χ0) is 21.5. The molecule has 0 spiro atoms. The lowest BCUT2D eigenvalue weighted by Crippen LogP contribution is -2.39. The van der Waals surface area contributed by atoms with Crippen LogP contribution in [0.1, 0.15) is 18.9 Å². The average molecular weight is 412 g/mol. The summed E-state index contributed by atoms with van der Waals surface area (Å²) in [5, 5.41) is 2.78. The normalized spacial score (nSPS) is 16.9. The van der Waals surface area contributed by atoms with E-state index in [4.69, 9.17) is 4.74 Å². The predicted molar refractivity (Wildman–Crippen MR) is 110 cm³/mol. The van der Waals surface area contributed by atoms with Gasteiger partial charge in [-0.05, 0) is 31.0 Å². The van der Waals surface area contributed by atoms with Crippen molar-refractivity contribution < 1.29 is 23.5 Å². The quantitative estimate of drug-likeness (QED) is 0.677. The minimum Gasteiger partial charge on any atom is -0.466 e. The summed E-state index contributed by atoms with van der Waals surface area (Å²) in [5.41, 5.74) is 1.14. The first kappa shape index (κ1) is 21.5. The van der Waals surface area contributed by atoms with Crippen LogP contribution in [0.15, 0.2) is 54.6 Å². The Morgan fingerprint density at radius 1 is 1.17 bits per heavy atom. The minimum absolute atomic E-state index is 0.00290. The van der Waals surface area contributed by atoms with Gasteiger partial charge in [-0.1, -0.05) is 42.5 Å². The van der Waals surface area contributed by atoms with Crippen LogP contribution in [0.2, 0.25) is 0 Å². The number of nitrogens with zero attached hydrogens (tertiary/aromatic N) is 1. The molecule has 1 aliphatic rings. The van der Waals surface area contributed by atoms with Crippen LogP contribution >= 0.6 is 0 Å². The molecule has 1 saturated heterocycles. The van der Waals surface area contributed by atoms with E-state index in [1.54, 1.807) is 19.1 Å². The van der Waals surface area contributed by atoms with E-state index in [0.29, 0.717) is 6.42 Å². The van der Waals surface area contributed by atoms with Gasteiger partial charge < -0.3 is 15.0 Å². The number of rotatable bonds is 8. The first-order valence-electron chi connectivity index (χ1n) is 10.0. The maximum atomic E-state index is 14.0. The molecule has 0 aliphatic carbocycles. The Kier molecular flexibility index (Phi) is 7.17. The number of carbonyl (C=O) groups excluding carboxylic acids is 3. The molecule has 1 aliphatic heterocycles. The Morgan fingerprint density at radius 3 is 2.57 bits per heavy atom. The molecule has 6 nitrogen and oxygen atoms in total. The van der Waals surface area contributed by atoms with Crippen molar-refractivity contribution in [2.45, 2.75) is 19.8 Å². The van der Waals surface area contributed by atoms with Gasteiger partial charge in [0.1, 0.15) is 5.82 Å². The highest BCUT2D eigenvalue weighted by Gasteiger charge is 2.36. The molecule has 7 heteroatoms. The zero-order valence-corrected chi connectivity index (χ0v) is 16.8. The second-order valence-electron chi connectivity index (χ2n) is 7.24. The lowest BCUT2D eigenvalue weighted by Gasteiger charge is -2.19. The highest BCUT2D eigenvalue weighted by molar-refractivity contribution is 6.00.